The fraction of sp³-hybridized carbons (Fsp3) is 1.00. The van der Waals surface area contributed by atoms with Gasteiger partial charge in [-0.25, -0.2) is 0 Å². The van der Waals surface area contributed by atoms with Crippen molar-refractivity contribution in [2.24, 2.45) is 0 Å². The molecule has 2 unspecified atom stereocenters. The van der Waals surface area contributed by atoms with E-state index in [9.17, 15) is 5.11 Å². The Hall–Kier alpha value is -0.120. The standard InChI is InChI=1S/C14H30N2O/c1-5-9-16(13-7-8-13)12(3)10-14(4,11-17)15-6-2/h12-13,15,17H,5-11H2,1-4H3. The average Bonchev–Trinajstić information content (AvgIpc) is 3.10. The molecule has 0 aromatic rings. The summed E-state index contributed by atoms with van der Waals surface area (Å²) < 4.78 is 0. The molecule has 0 bridgehead atoms. The van der Waals surface area contributed by atoms with Crippen molar-refractivity contribution >= 4 is 0 Å². The molecule has 0 radical (unpaired) electrons. The molecule has 0 spiro atoms. The summed E-state index contributed by atoms with van der Waals surface area (Å²) in [5.74, 6) is 0. The van der Waals surface area contributed by atoms with Crippen LogP contribution in [0.5, 0.6) is 0 Å². The number of likely N-dealkylation sites (N-methyl/N-ethyl adjacent to an activating group) is 1. The molecule has 0 saturated heterocycles. The third kappa shape index (κ3) is 4.57. The molecule has 0 aliphatic heterocycles. The number of nitrogens with one attached hydrogen (secondary N) is 1. The van der Waals surface area contributed by atoms with E-state index in [2.05, 4.69) is 37.9 Å². The van der Waals surface area contributed by atoms with Crippen LogP contribution in [0.3, 0.4) is 0 Å². The summed E-state index contributed by atoms with van der Waals surface area (Å²) >= 11 is 0. The Labute approximate surface area is 107 Å². The van der Waals surface area contributed by atoms with Gasteiger partial charge in [-0.05, 0) is 52.6 Å². The maximum atomic E-state index is 9.55. The van der Waals surface area contributed by atoms with E-state index in [-0.39, 0.29) is 12.1 Å². The summed E-state index contributed by atoms with van der Waals surface area (Å²) in [6, 6.07) is 1.37. The van der Waals surface area contributed by atoms with Crippen molar-refractivity contribution in [2.45, 2.75) is 71.0 Å². The maximum Gasteiger partial charge on any atom is 0.0611 e. The molecular weight excluding hydrogens is 212 g/mol. The van der Waals surface area contributed by atoms with E-state index in [1.54, 1.807) is 0 Å². The van der Waals surface area contributed by atoms with E-state index in [0.29, 0.717) is 6.04 Å². The minimum absolute atomic E-state index is 0.130. The quantitative estimate of drug-likeness (QED) is 0.649. The van der Waals surface area contributed by atoms with Gasteiger partial charge in [0.1, 0.15) is 0 Å². The number of aliphatic hydroxyl groups is 1. The highest BCUT2D eigenvalue weighted by molar-refractivity contribution is 4.92. The smallest absolute Gasteiger partial charge is 0.0611 e. The van der Waals surface area contributed by atoms with Crippen molar-refractivity contribution in [3.8, 4) is 0 Å². The van der Waals surface area contributed by atoms with E-state index < -0.39 is 0 Å². The highest BCUT2D eigenvalue weighted by atomic mass is 16.3. The first-order valence-electron chi connectivity index (χ1n) is 7.18. The minimum Gasteiger partial charge on any atom is -0.394 e. The monoisotopic (exact) mass is 242 g/mol. The topological polar surface area (TPSA) is 35.5 Å². The van der Waals surface area contributed by atoms with Gasteiger partial charge in [0.2, 0.25) is 0 Å². The predicted molar refractivity (Wildman–Crippen MR) is 73.3 cm³/mol. The number of nitrogens with zero attached hydrogens (tertiary/aromatic N) is 1. The van der Waals surface area contributed by atoms with E-state index in [0.717, 1.165) is 19.0 Å². The molecule has 1 fully saturated rings. The van der Waals surface area contributed by atoms with Crippen molar-refractivity contribution < 1.29 is 5.11 Å². The van der Waals surface area contributed by atoms with Crippen LogP contribution >= 0.6 is 0 Å². The molecule has 1 aliphatic rings. The van der Waals surface area contributed by atoms with E-state index in [1.165, 1.54) is 25.8 Å². The van der Waals surface area contributed by atoms with Crippen LogP contribution in [-0.4, -0.2) is 47.3 Å². The molecule has 0 heterocycles. The summed E-state index contributed by atoms with van der Waals surface area (Å²) in [7, 11) is 0. The fourth-order valence-electron chi connectivity index (χ4n) is 2.82. The van der Waals surface area contributed by atoms with Gasteiger partial charge in [-0.2, -0.15) is 0 Å². The zero-order valence-corrected chi connectivity index (χ0v) is 12.0. The first-order valence-corrected chi connectivity index (χ1v) is 7.18. The van der Waals surface area contributed by atoms with Crippen LogP contribution < -0.4 is 5.32 Å². The van der Waals surface area contributed by atoms with E-state index in [1.807, 2.05) is 0 Å². The van der Waals surface area contributed by atoms with Crippen LogP contribution in [0.25, 0.3) is 0 Å². The Kier molecular flexibility index (Phi) is 5.90. The molecule has 2 atom stereocenters. The van der Waals surface area contributed by atoms with E-state index in [4.69, 9.17) is 0 Å². The Morgan fingerprint density at radius 3 is 2.47 bits per heavy atom. The molecule has 0 aromatic carbocycles. The van der Waals surface area contributed by atoms with Crippen LogP contribution in [0.1, 0.15) is 53.4 Å². The maximum absolute atomic E-state index is 9.55. The number of hydrogen-bond acceptors (Lipinski definition) is 3. The highest BCUT2D eigenvalue weighted by Crippen LogP contribution is 2.30. The third-order valence-corrected chi connectivity index (χ3v) is 3.76. The third-order valence-electron chi connectivity index (χ3n) is 3.76. The zero-order chi connectivity index (χ0) is 12.9. The lowest BCUT2D eigenvalue weighted by Crippen LogP contribution is -2.51. The van der Waals surface area contributed by atoms with Gasteiger partial charge in [0, 0.05) is 17.6 Å². The van der Waals surface area contributed by atoms with Gasteiger partial charge in [0.25, 0.3) is 0 Å². The lowest BCUT2D eigenvalue weighted by atomic mass is 9.93. The largest absolute Gasteiger partial charge is 0.394 e. The second-order valence-corrected chi connectivity index (χ2v) is 5.77. The van der Waals surface area contributed by atoms with Crippen molar-refractivity contribution in [3.63, 3.8) is 0 Å². The normalized spacial score (nSPS) is 21.5. The Bertz CT molecular complexity index is 218. The first kappa shape index (κ1) is 14.9. The van der Waals surface area contributed by atoms with Crippen LogP contribution in [-0.2, 0) is 0 Å². The SMILES string of the molecule is CCCN(C(C)CC(C)(CO)NCC)C1CC1. The number of hydrogen-bond donors (Lipinski definition) is 2. The molecule has 2 N–H and O–H groups in total. The lowest BCUT2D eigenvalue weighted by molar-refractivity contribution is 0.111. The molecular formula is C14H30N2O. The highest BCUT2D eigenvalue weighted by Gasteiger charge is 2.34. The van der Waals surface area contributed by atoms with Crippen LogP contribution in [0, 0.1) is 0 Å². The van der Waals surface area contributed by atoms with Gasteiger partial charge in [-0.3, -0.25) is 4.90 Å². The summed E-state index contributed by atoms with van der Waals surface area (Å²) in [6.07, 6.45) is 4.97. The molecule has 0 amide bonds. The van der Waals surface area contributed by atoms with E-state index >= 15 is 0 Å². The van der Waals surface area contributed by atoms with Gasteiger partial charge in [-0.1, -0.05) is 13.8 Å². The second-order valence-electron chi connectivity index (χ2n) is 5.77. The molecule has 1 aliphatic carbocycles. The molecule has 3 nitrogen and oxygen atoms in total. The second kappa shape index (κ2) is 6.72. The number of aliphatic hydroxyl groups excluding tert-OH is 1. The van der Waals surface area contributed by atoms with Gasteiger partial charge >= 0.3 is 0 Å². The molecule has 17 heavy (non-hydrogen) atoms. The zero-order valence-electron chi connectivity index (χ0n) is 12.0. The van der Waals surface area contributed by atoms with Crippen molar-refractivity contribution in [1.29, 1.82) is 0 Å². The van der Waals surface area contributed by atoms with Gasteiger partial charge in [0.05, 0.1) is 6.61 Å². The Morgan fingerprint density at radius 2 is 2.06 bits per heavy atom. The first-order chi connectivity index (χ1) is 8.06. The van der Waals surface area contributed by atoms with Gasteiger partial charge < -0.3 is 10.4 Å². The summed E-state index contributed by atoms with van der Waals surface area (Å²) in [5, 5.41) is 13.0. The minimum atomic E-state index is -0.130. The molecule has 102 valence electrons. The average molecular weight is 242 g/mol. The molecule has 1 rings (SSSR count). The molecule has 1 saturated carbocycles. The molecule has 3 heteroatoms. The number of rotatable bonds is 9. The molecule has 0 aromatic heterocycles. The van der Waals surface area contributed by atoms with Gasteiger partial charge in [-0.15, -0.1) is 0 Å². The lowest BCUT2D eigenvalue weighted by Gasteiger charge is -2.37. The van der Waals surface area contributed by atoms with Gasteiger partial charge in [0.15, 0.2) is 0 Å². The summed E-state index contributed by atoms with van der Waals surface area (Å²) in [5.41, 5.74) is -0.130. The van der Waals surface area contributed by atoms with Crippen LogP contribution in [0.15, 0.2) is 0 Å². The van der Waals surface area contributed by atoms with Crippen molar-refractivity contribution in [3.05, 3.63) is 0 Å². The van der Waals surface area contributed by atoms with Crippen molar-refractivity contribution in [2.75, 3.05) is 19.7 Å². The Balaban J connectivity index is 2.51. The Morgan fingerprint density at radius 1 is 1.41 bits per heavy atom. The predicted octanol–water partition coefficient (Wildman–Crippen LogP) is 2.00. The fourth-order valence-corrected chi connectivity index (χ4v) is 2.82. The van der Waals surface area contributed by atoms with Crippen LogP contribution in [0.2, 0.25) is 0 Å². The van der Waals surface area contributed by atoms with Crippen molar-refractivity contribution in [1.82, 2.24) is 10.2 Å². The summed E-state index contributed by atoms with van der Waals surface area (Å²) in [4.78, 5) is 2.63. The summed E-state index contributed by atoms with van der Waals surface area (Å²) in [6.45, 7) is 11.1. The van der Waals surface area contributed by atoms with Crippen LogP contribution in [0.4, 0.5) is 0 Å².